The molecule has 4 N–H and O–H groups in total. The highest BCUT2D eigenvalue weighted by Crippen LogP contribution is 2.25. The van der Waals surface area contributed by atoms with Crippen LogP contribution in [0.25, 0.3) is 0 Å². The molecule has 1 aromatic heterocycles. The van der Waals surface area contributed by atoms with Gasteiger partial charge in [-0.05, 0) is 44.9 Å². The van der Waals surface area contributed by atoms with Gasteiger partial charge < -0.3 is 21.3 Å². The van der Waals surface area contributed by atoms with Gasteiger partial charge in [-0.2, -0.15) is 0 Å². The van der Waals surface area contributed by atoms with Gasteiger partial charge >= 0.3 is 0 Å². The van der Waals surface area contributed by atoms with E-state index >= 15 is 0 Å². The molecule has 1 unspecified atom stereocenters. The first kappa shape index (κ1) is 26.3. The number of likely N-dealkylation sites (N-methyl/N-ethyl adjacent to an activating group) is 1. The Kier molecular flexibility index (Phi) is 8.57. The number of anilines is 1. The Morgan fingerprint density at radius 3 is 2.63 bits per heavy atom. The van der Waals surface area contributed by atoms with E-state index in [1.165, 1.54) is 36.6 Å². The quantitative estimate of drug-likeness (QED) is 0.372. The summed E-state index contributed by atoms with van der Waals surface area (Å²) >= 11 is 7.46. The molecule has 0 radical (unpaired) electrons. The second-order valence-corrected chi connectivity index (χ2v) is 9.52. The third-order valence-electron chi connectivity index (χ3n) is 5.76. The lowest BCUT2D eigenvalue weighted by Crippen LogP contribution is -2.48. The van der Waals surface area contributed by atoms with Crippen molar-refractivity contribution in [2.45, 2.75) is 44.7 Å². The molecule has 0 aliphatic carbocycles. The number of aromatic nitrogens is 1. The van der Waals surface area contributed by atoms with Crippen LogP contribution in [0.5, 0.6) is 0 Å². The van der Waals surface area contributed by atoms with Crippen molar-refractivity contribution in [3.8, 4) is 0 Å². The van der Waals surface area contributed by atoms with E-state index in [1.807, 2.05) is 6.92 Å². The lowest BCUT2D eigenvalue weighted by Gasteiger charge is -2.21. The largest absolute Gasteiger partial charge is 0.353 e. The van der Waals surface area contributed by atoms with Crippen LogP contribution >= 0.6 is 22.9 Å². The molecule has 4 atom stereocenters. The Labute approximate surface area is 211 Å². The Balaban J connectivity index is 1.83. The summed E-state index contributed by atoms with van der Waals surface area (Å²) in [6.07, 6.45) is 0.427. The standard InChI is InChI=1S/C23H26ClN5O5S/c1-11-6-13(21(32)27-11)7-17(19(30)23(34)25-3)29-22(33)15-8-14(24)4-5-16(15)28-20(31)12(2)18-9-35-10-26-18/h4-5,8-13,17H,6-7H2,1-3H3,(H,25,34)(H,27,32)(H,28,31)(H,29,33)/t11-,12?,13+,17+/m1/s1. The molecule has 1 aliphatic heterocycles. The molecule has 1 aliphatic rings. The summed E-state index contributed by atoms with van der Waals surface area (Å²) in [5.41, 5.74) is 2.40. The zero-order chi connectivity index (χ0) is 25.7. The lowest BCUT2D eigenvalue weighted by atomic mass is 9.93. The molecule has 10 nitrogen and oxygen atoms in total. The molecule has 2 heterocycles. The number of carbonyl (C=O) groups is 5. The average molecular weight is 520 g/mol. The molecule has 2 aromatic rings. The van der Waals surface area contributed by atoms with Crippen molar-refractivity contribution in [2.24, 2.45) is 5.92 Å². The maximum atomic E-state index is 13.2. The van der Waals surface area contributed by atoms with Gasteiger partial charge in [-0.25, -0.2) is 4.98 Å². The van der Waals surface area contributed by atoms with E-state index in [0.717, 1.165) is 0 Å². The summed E-state index contributed by atoms with van der Waals surface area (Å²) in [6.45, 7) is 3.52. The summed E-state index contributed by atoms with van der Waals surface area (Å²) in [5, 5.41) is 12.3. The SMILES string of the molecule is CNC(=O)C(=O)[C@H](C[C@@H]1C[C@@H](C)NC1=O)NC(=O)c1cc(Cl)ccc1NC(=O)C(C)c1cscn1. The van der Waals surface area contributed by atoms with E-state index in [-0.39, 0.29) is 40.6 Å². The van der Waals surface area contributed by atoms with Crippen molar-refractivity contribution < 1.29 is 24.0 Å². The first-order valence-corrected chi connectivity index (χ1v) is 12.3. The van der Waals surface area contributed by atoms with Crippen LogP contribution in [0, 0.1) is 5.92 Å². The normalized spacial score (nSPS) is 18.8. The minimum absolute atomic E-state index is 0.00951. The number of benzene rings is 1. The van der Waals surface area contributed by atoms with E-state index in [9.17, 15) is 24.0 Å². The maximum absolute atomic E-state index is 13.2. The van der Waals surface area contributed by atoms with Crippen molar-refractivity contribution in [1.82, 2.24) is 20.9 Å². The second kappa shape index (κ2) is 11.4. The number of Topliss-reactive ketones (excluding diaryl/α,β-unsaturated/α-hetero) is 1. The van der Waals surface area contributed by atoms with Crippen LogP contribution in [0.15, 0.2) is 29.1 Å². The van der Waals surface area contributed by atoms with Crippen LogP contribution < -0.4 is 21.3 Å². The fraction of sp³-hybridized carbons (Fsp3) is 0.391. The van der Waals surface area contributed by atoms with Crippen molar-refractivity contribution in [2.75, 3.05) is 12.4 Å². The zero-order valence-electron chi connectivity index (χ0n) is 19.4. The van der Waals surface area contributed by atoms with Gasteiger partial charge in [-0.1, -0.05) is 11.6 Å². The number of thiazole rings is 1. The number of amides is 4. The number of rotatable bonds is 9. The molecule has 1 saturated heterocycles. The van der Waals surface area contributed by atoms with Gasteiger partial charge in [0.15, 0.2) is 0 Å². The third kappa shape index (κ3) is 6.43. The van der Waals surface area contributed by atoms with E-state index in [4.69, 9.17) is 11.6 Å². The summed E-state index contributed by atoms with van der Waals surface area (Å²) in [7, 11) is 1.30. The number of hydrogen-bond donors (Lipinski definition) is 4. The van der Waals surface area contributed by atoms with Gasteiger partial charge in [0.25, 0.3) is 11.8 Å². The van der Waals surface area contributed by atoms with E-state index < -0.39 is 35.5 Å². The number of nitrogens with zero attached hydrogens (tertiary/aromatic N) is 1. The lowest BCUT2D eigenvalue weighted by molar-refractivity contribution is -0.139. The minimum Gasteiger partial charge on any atom is -0.353 e. The van der Waals surface area contributed by atoms with Gasteiger partial charge in [-0.3, -0.25) is 24.0 Å². The Morgan fingerprint density at radius 2 is 2.03 bits per heavy atom. The molecule has 0 bridgehead atoms. The summed E-state index contributed by atoms with van der Waals surface area (Å²) in [6, 6.07) is 3.02. The first-order chi connectivity index (χ1) is 16.6. The minimum atomic E-state index is -1.25. The zero-order valence-corrected chi connectivity index (χ0v) is 21.0. The molecule has 4 amide bonds. The molecule has 3 rings (SSSR count). The van der Waals surface area contributed by atoms with Gasteiger partial charge in [0, 0.05) is 29.4 Å². The highest BCUT2D eigenvalue weighted by atomic mass is 35.5. The number of ketones is 1. The Bertz CT molecular complexity index is 1140. The van der Waals surface area contributed by atoms with Gasteiger partial charge in [0.1, 0.15) is 0 Å². The second-order valence-electron chi connectivity index (χ2n) is 8.36. The van der Waals surface area contributed by atoms with Crippen LogP contribution in [-0.2, 0) is 19.2 Å². The van der Waals surface area contributed by atoms with Crippen molar-refractivity contribution >= 4 is 58.0 Å². The predicted octanol–water partition coefficient (Wildman–Crippen LogP) is 1.87. The summed E-state index contributed by atoms with van der Waals surface area (Å²) < 4.78 is 0. The highest BCUT2D eigenvalue weighted by molar-refractivity contribution is 7.07. The molecular formula is C23H26ClN5O5S. The van der Waals surface area contributed by atoms with Gasteiger partial charge in [0.2, 0.25) is 17.6 Å². The molecule has 186 valence electrons. The molecular weight excluding hydrogens is 494 g/mol. The maximum Gasteiger partial charge on any atom is 0.289 e. The Morgan fingerprint density at radius 1 is 1.29 bits per heavy atom. The van der Waals surface area contributed by atoms with E-state index in [2.05, 4.69) is 26.3 Å². The fourth-order valence-corrected chi connectivity index (χ4v) is 4.63. The van der Waals surface area contributed by atoms with Crippen molar-refractivity contribution in [1.29, 1.82) is 0 Å². The molecule has 12 heteroatoms. The van der Waals surface area contributed by atoms with Crippen LogP contribution in [0.1, 0.15) is 48.7 Å². The number of hydrogen-bond acceptors (Lipinski definition) is 7. The van der Waals surface area contributed by atoms with E-state index in [1.54, 1.807) is 17.8 Å². The molecule has 35 heavy (non-hydrogen) atoms. The number of carbonyl (C=O) groups excluding carboxylic acids is 5. The first-order valence-electron chi connectivity index (χ1n) is 11.0. The third-order valence-corrected chi connectivity index (χ3v) is 6.60. The van der Waals surface area contributed by atoms with Gasteiger partial charge in [-0.15, -0.1) is 11.3 Å². The average Bonchev–Trinajstić information content (AvgIpc) is 3.47. The molecule has 1 fully saturated rings. The van der Waals surface area contributed by atoms with Crippen LogP contribution in [0.2, 0.25) is 5.02 Å². The predicted molar refractivity (Wildman–Crippen MR) is 131 cm³/mol. The monoisotopic (exact) mass is 519 g/mol. The van der Waals surface area contributed by atoms with Crippen molar-refractivity contribution in [3.05, 3.63) is 45.4 Å². The summed E-state index contributed by atoms with van der Waals surface area (Å²) in [5.74, 6) is -4.23. The highest BCUT2D eigenvalue weighted by Gasteiger charge is 2.36. The van der Waals surface area contributed by atoms with Crippen molar-refractivity contribution in [3.63, 3.8) is 0 Å². The number of halogens is 1. The Hall–Kier alpha value is -3.31. The topological polar surface area (TPSA) is 146 Å². The molecule has 0 saturated carbocycles. The van der Waals surface area contributed by atoms with Crippen LogP contribution in [-0.4, -0.2) is 53.5 Å². The molecule has 1 aromatic carbocycles. The fourth-order valence-electron chi connectivity index (χ4n) is 3.81. The van der Waals surface area contributed by atoms with Crippen LogP contribution in [0.3, 0.4) is 0 Å². The summed E-state index contributed by atoms with van der Waals surface area (Å²) in [4.78, 5) is 67.1. The molecule has 0 spiro atoms. The smallest absolute Gasteiger partial charge is 0.289 e. The van der Waals surface area contributed by atoms with E-state index in [0.29, 0.717) is 12.1 Å². The van der Waals surface area contributed by atoms with Crippen LogP contribution in [0.4, 0.5) is 5.69 Å². The van der Waals surface area contributed by atoms with Gasteiger partial charge in [0.05, 0.1) is 34.4 Å². The number of nitrogens with one attached hydrogen (secondary N) is 4.